The van der Waals surface area contributed by atoms with Gasteiger partial charge >= 0.3 is 0 Å². The number of carbonyl (C=O) groups excluding carboxylic acids is 1. The minimum absolute atomic E-state index is 0.0437. The minimum Gasteiger partial charge on any atom is -0.506 e. The zero-order valence-electron chi connectivity index (χ0n) is 9.97. The molecule has 1 aliphatic heterocycles. The van der Waals surface area contributed by atoms with E-state index in [1.54, 1.807) is 19.9 Å². The van der Waals surface area contributed by atoms with E-state index in [-0.39, 0.29) is 18.2 Å². The van der Waals surface area contributed by atoms with Crippen LogP contribution in [0.2, 0.25) is 0 Å². The molecular weight excluding hydrogens is 220 g/mol. The molecule has 0 atom stereocenters. The summed E-state index contributed by atoms with van der Waals surface area (Å²) >= 11 is 0. The van der Waals surface area contributed by atoms with Gasteiger partial charge in [-0.15, -0.1) is 0 Å². The highest BCUT2D eigenvalue weighted by atomic mass is 16.3. The third-order valence-corrected chi connectivity index (χ3v) is 2.64. The lowest BCUT2D eigenvalue weighted by molar-refractivity contribution is -0.119. The van der Waals surface area contributed by atoms with Gasteiger partial charge in [0.1, 0.15) is 11.6 Å². The average Bonchev–Trinajstić information content (AvgIpc) is 2.21. The molecule has 5 nitrogen and oxygen atoms in total. The number of carbonyl (C=O) groups is 1. The largest absolute Gasteiger partial charge is 0.506 e. The van der Waals surface area contributed by atoms with Crippen LogP contribution in [0, 0.1) is 0 Å². The third-order valence-electron chi connectivity index (χ3n) is 2.64. The van der Waals surface area contributed by atoms with Crippen molar-refractivity contribution in [3.05, 3.63) is 17.8 Å². The zero-order valence-corrected chi connectivity index (χ0v) is 9.97. The standard InChI is InChI=1S/C12H16N2O3/c1-12(2,17)7-14-10(16)4-3-8-5-9(15)6-13-11(8)14/h5-6,15,17H,3-4,7H2,1-2H3. The number of hydrogen-bond acceptors (Lipinski definition) is 4. The lowest BCUT2D eigenvalue weighted by Gasteiger charge is -2.32. The first kappa shape index (κ1) is 11.9. The summed E-state index contributed by atoms with van der Waals surface area (Å²) in [5, 5.41) is 19.2. The van der Waals surface area contributed by atoms with Crippen molar-refractivity contribution in [2.75, 3.05) is 11.4 Å². The van der Waals surface area contributed by atoms with Crippen molar-refractivity contribution in [1.82, 2.24) is 4.98 Å². The van der Waals surface area contributed by atoms with Gasteiger partial charge in [0.15, 0.2) is 0 Å². The Kier molecular flexibility index (Phi) is 2.79. The number of rotatable bonds is 2. The molecule has 0 unspecified atom stereocenters. The number of aromatic hydroxyl groups is 1. The third kappa shape index (κ3) is 2.55. The van der Waals surface area contributed by atoms with Gasteiger partial charge in [-0.1, -0.05) is 0 Å². The van der Waals surface area contributed by atoms with Gasteiger partial charge in [0, 0.05) is 6.42 Å². The molecule has 1 aliphatic rings. The van der Waals surface area contributed by atoms with Gasteiger partial charge in [0.05, 0.1) is 18.3 Å². The quantitative estimate of drug-likeness (QED) is 0.798. The normalized spacial score (nSPS) is 15.9. The molecule has 2 heterocycles. The van der Waals surface area contributed by atoms with Gasteiger partial charge in [-0.05, 0) is 31.9 Å². The van der Waals surface area contributed by atoms with Crippen LogP contribution < -0.4 is 4.90 Å². The Bertz CT molecular complexity index is 452. The van der Waals surface area contributed by atoms with E-state index >= 15 is 0 Å². The van der Waals surface area contributed by atoms with E-state index in [1.165, 1.54) is 11.1 Å². The van der Waals surface area contributed by atoms with Crippen LogP contribution in [0.5, 0.6) is 5.75 Å². The molecule has 0 aromatic carbocycles. The average molecular weight is 236 g/mol. The van der Waals surface area contributed by atoms with Crippen molar-refractivity contribution in [3.63, 3.8) is 0 Å². The summed E-state index contributed by atoms with van der Waals surface area (Å²) in [6, 6.07) is 1.62. The molecule has 5 heteroatoms. The van der Waals surface area contributed by atoms with Gasteiger partial charge in [-0.25, -0.2) is 4.98 Å². The van der Waals surface area contributed by atoms with Gasteiger partial charge < -0.3 is 10.2 Å². The maximum atomic E-state index is 11.8. The molecule has 0 saturated carbocycles. The number of fused-ring (bicyclic) bond motifs is 1. The predicted octanol–water partition coefficient (Wildman–Crippen LogP) is 0.837. The molecule has 0 radical (unpaired) electrons. The zero-order chi connectivity index (χ0) is 12.6. The van der Waals surface area contributed by atoms with Crippen LogP contribution in [0.15, 0.2) is 12.3 Å². The molecule has 0 bridgehead atoms. The summed E-state index contributed by atoms with van der Waals surface area (Å²) in [5.74, 6) is 0.597. The van der Waals surface area contributed by atoms with Crippen LogP contribution in [-0.4, -0.2) is 33.3 Å². The topological polar surface area (TPSA) is 73.7 Å². The Labute approximate surface area is 99.7 Å². The van der Waals surface area contributed by atoms with Crippen molar-refractivity contribution < 1.29 is 15.0 Å². The Balaban J connectivity index is 2.37. The van der Waals surface area contributed by atoms with Crippen LogP contribution in [0.4, 0.5) is 5.82 Å². The van der Waals surface area contributed by atoms with Gasteiger partial charge in [-0.2, -0.15) is 0 Å². The molecule has 0 spiro atoms. The smallest absolute Gasteiger partial charge is 0.228 e. The summed E-state index contributed by atoms with van der Waals surface area (Å²) in [5.41, 5.74) is -0.127. The number of aromatic nitrogens is 1. The number of pyridine rings is 1. The first-order chi connectivity index (χ1) is 7.87. The fourth-order valence-electron chi connectivity index (χ4n) is 1.96. The lowest BCUT2D eigenvalue weighted by atomic mass is 10.0. The highest BCUT2D eigenvalue weighted by Gasteiger charge is 2.29. The first-order valence-corrected chi connectivity index (χ1v) is 5.57. The molecule has 2 N–H and O–H groups in total. The van der Waals surface area contributed by atoms with Crippen molar-refractivity contribution in [3.8, 4) is 5.75 Å². The van der Waals surface area contributed by atoms with Crippen molar-refractivity contribution in [2.24, 2.45) is 0 Å². The van der Waals surface area contributed by atoms with Crippen LogP contribution in [0.3, 0.4) is 0 Å². The fraction of sp³-hybridized carbons (Fsp3) is 0.500. The van der Waals surface area contributed by atoms with E-state index in [2.05, 4.69) is 4.98 Å². The Morgan fingerprint density at radius 1 is 1.47 bits per heavy atom. The molecule has 1 aromatic rings. The van der Waals surface area contributed by atoms with E-state index in [4.69, 9.17) is 0 Å². The molecule has 17 heavy (non-hydrogen) atoms. The second-order valence-electron chi connectivity index (χ2n) is 4.97. The van der Waals surface area contributed by atoms with Crippen LogP contribution in [0.25, 0.3) is 0 Å². The second kappa shape index (κ2) is 4.00. The van der Waals surface area contributed by atoms with Crippen LogP contribution >= 0.6 is 0 Å². The Morgan fingerprint density at radius 2 is 2.18 bits per heavy atom. The van der Waals surface area contributed by atoms with E-state index < -0.39 is 5.60 Å². The second-order valence-corrected chi connectivity index (χ2v) is 4.97. The van der Waals surface area contributed by atoms with Crippen LogP contribution in [-0.2, 0) is 11.2 Å². The highest BCUT2D eigenvalue weighted by molar-refractivity contribution is 5.95. The predicted molar refractivity (Wildman–Crippen MR) is 62.9 cm³/mol. The molecule has 0 aliphatic carbocycles. The summed E-state index contributed by atoms with van der Waals surface area (Å²) < 4.78 is 0. The van der Waals surface area contributed by atoms with Crippen molar-refractivity contribution in [1.29, 1.82) is 0 Å². The van der Waals surface area contributed by atoms with E-state index in [0.717, 1.165) is 5.56 Å². The maximum absolute atomic E-state index is 11.8. The maximum Gasteiger partial charge on any atom is 0.228 e. The molecule has 1 aromatic heterocycles. The monoisotopic (exact) mass is 236 g/mol. The van der Waals surface area contributed by atoms with Crippen molar-refractivity contribution >= 4 is 11.7 Å². The number of β-amino-alcohol motifs (C(OH)–C–C–N with tert-alkyl or cyclic N) is 1. The number of amides is 1. The molecule has 1 amide bonds. The minimum atomic E-state index is -0.968. The molecule has 2 rings (SSSR count). The van der Waals surface area contributed by atoms with E-state index in [1.807, 2.05) is 0 Å². The molecular formula is C12H16N2O3. The molecule has 0 saturated heterocycles. The van der Waals surface area contributed by atoms with E-state index in [9.17, 15) is 15.0 Å². The molecule has 0 fully saturated rings. The highest BCUT2D eigenvalue weighted by Crippen LogP contribution is 2.29. The van der Waals surface area contributed by atoms with Gasteiger partial charge in [-0.3, -0.25) is 9.69 Å². The summed E-state index contributed by atoms with van der Waals surface area (Å²) in [7, 11) is 0. The number of anilines is 1. The fourth-order valence-corrected chi connectivity index (χ4v) is 1.96. The first-order valence-electron chi connectivity index (χ1n) is 5.57. The number of aliphatic hydroxyl groups is 1. The summed E-state index contributed by atoms with van der Waals surface area (Å²) in [6.07, 6.45) is 2.28. The molecule has 92 valence electrons. The Hall–Kier alpha value is -1.62. The van der Waals surface area contributed by atoms with Gasteiger partial charge in [0.2, 0.25) is 5.91 Å². The van der Waals surface area contributed by atoms with E-state index in [0.29, 0.717) is 18.7 Å². The summed E-state index contributed by atoms with van der Waals surface area (Å²) in [4.78, 5) is 17.4. The number of nitrogens with zero attached hydrogens (tertiary/aromatic N) is 2. The SMILES string of the molecule is CC(C)(O)CN1C(=O)CCc2cc(O)cnc21. The summed E-state index contributed by atoms with van der Waals surface area (Å²) in [6.45, 7) is 3.50. The van der Waals surface area contributed by atoms with Crippen molar-refractivity contribution in [2.45, 2.75) is 32.3 Å². The Morgan fingerprint density at radius 3 is 2.82 bits per heavy atom. The van der Waals surface area contributed by atoms with Crippen LogP contribution in [0.1, 0.15) is 25.8 Å². The lowest BCUT2D eigenvalue weighted by Crippen LogP contribution is -2.45. The number of aryl methyl sites for hydroxylation is 1. The number of hydrogen-bond donors (Lipinski definition) is 2. The van der Waals surface area contributed by atoms with Gasteiger partial charge in [0.25, 0.3) is 0 Å².